The number of anilines is 1. The Balaban J connectivity index is 2.32. The summed E-state index contributed by atoms with van der Waals surface area (Å²) in [6.07, 6.45) is 1.09. The van der Waals surface area contributed by atoms with E-state index in [0.29, 0.717) is 6.07 Å². The minimum Gasteiger partial charge on any atom is -0.366 e. The predicted octanol–water partition coefficient (Wildman–Crippen LogP) is 0.434. The molecule has 0 spiro atoms. The molecule has 9 heteroatoms. The highest BCUT2D eigenvalue weighted by atomic mass is 19.1. The molecule has 7 nitrogen and oxygen atoms in total. The average molecular weight is 267 g/mol. The lowest BCUT2D eigenvalue weighted by molar-refractivity contribution is 0.0991. The average Bonchev–Trinajstić information content (AvgIpc) is 2.85. The van der Waals surface area contributed by atoms with E-state index in [2.05, 4.69) is 20.5 Å². The third-order valence-electron chi connectivity index (χ3n) is 2.20. The van der Waals surface area contributed by atoms with Crippen molar-refractivity contribution in [3.63, 3.8) is 0 Å². The first kappa shape index (κ1) is 12.6. The number of amides is 2. The second kappa shape index (κ2) is 4.80. The number of aromatic amines is 1. The van der Waals surface area contributed by atoms with Crippen molar-refractivity contribution in [3.05, 3.63) is 41.5 Å². The number of benzene rings is 1. The van der Waals surface area contributed by atoms with Gasteiger partial charge in [0.1, 0.15) is 18.0 Å². The van der Waals surface area contributed by atoms with Crippen LogP contribution in [0.4, 0.5) is 14.5 Å². The van der Waals surface area contributed by atoms with Gasteiger partial charge in [-0.1, -0.05) is 0 Å². The van der Waals surface area contributed by atoms with Gasteiger partial charge in [-0.25, -0.2) is 13.8 Å². The molecular formula is C10H7F2N5O2. The van der Waals surface area contributed by atoms with E-state index >= 15 is 0 Å². The molecule has 0 saturated heterocycles. The third-order valence-corrected chi connectivity index (χ3v) is 2.20. The highest BCUT2D eigenvalue weighted by Gasteiger charge is 2.17. The molecule has 2 aromatic rings. The van der Waals surface area contributed by atoms with Crippen LogP contribution in [0, 0.1) is 11.6 Å². The maximum absolute atomic E-state index is 13.4. The Bertz CT molecular complexity index is 642. The Morgan fingerprint density at radius 3 is 2.58 bits per heavy atom. The second-order valence-corrected chi connectivity index (χ2v) is 3.46. The van der Waals surface area contributed by atoms with Crippen molar-refractivity contribution in [1.29, 1.82) is 0 Å². The van der Waals surface area contributed by atoms with E-state index < -0.39 is 34.7 Å². The molecule has 98 valence electrons. The molecule has 1 aromatic heterocycles. The minimum atomic E-state index is -1.11. The first-order chi connectivity index (χ1) is 8.99. The van der Waals surface area contributed by atoms with Crippen molar-refractivity contribution < 1.29 is 18.4 Å². The van der Waals surface area contributed by atoms with Crippen LogP contribution >= 0.6 is 0 Å². The summed E-state index contributed by atoms with van der Waals surface area (Å²) in [7, 11) is 0. The molecule has 0 aliphatic heterocycles. The lowest BCUT2D eigenvalue weighted by Gasteiger charge is -2.07. The van der Waals surface area contributed by atoms with Gasteiger partial charge in [0.15, 0.2) is 0 Å². The number of primary amides is 1. The number of aromatic nitrogens is 3. The van der Waals surface area contributed by atoms with Crippen LogP contribution in [0.3, 0.4) is 0 Å². The molecule has 0 unspecified atom stereocenters. The number of rotatable bonds is 3. The largest absolute Gasteiger partial charge is 0.366 e. The SMILES string of the molecule is NC(=O)c1cc(NC(=O)c2ncn[nH]2)c(F)cc1F. The van der Waals surface area contributed by atoms with E-state index in [1.54, 1.807) is 0 Å². The number of H-pyrrole nitrogens is 1. The second-order valence-electron chi connectivity index (χ2n) is 3.46. The molecule has 0 atom stereocenters. The summed E-state index contributed by atoms with van der Waals surface area (Å²) in [5, 5.41) is 7.82. The summed E-state index contributed by atoms with van der Waals surface area (Å²) in [6, 6.07) is 1.26. The molecule has 0 bridgehead atoms. The quantitative estimate of drug-likeness (QED) is 0.748. The minimum absolute atomic E-state index is 0.163. The molecule has 0 aliphatic rings. The fourth-order valence-electron chi connectivity index (χ4n) is 1.33. The van der Waals surface area contributed by atoms with Crippen LogP contribution in [0.15, 0.2) is 18.5 Å². The van der Waals surface area contributed by atoms with Crippen molar-refractivity contribution in [3.8, 4) is 0 Å². The Kier molecular flexibility index (Phi) is 3.19. The summed E-state index contributed by atoms with van der Waals surface area (Å²) in [5.74, 6) is -4.19. The van der Waals surface area contributed by atoms with E-state index in [1.807, 2.05) is 0 Å². The molecule has 0 radical (unpaired) electrons. The van der Waals surface area contributed by atoms with Crippen molar-refractivity contribution in [2.45, 2.75) is 0 Å². The number of nitrogens with two attached hydrogens (primary N) is 1. The number of carbonyl (C=O) groups is 2. The first-order valence-corrected chi connectivity index (χ1v) is 4.94. The molecule has 19 heavy (non-hydrogen) atoms. The van der Waals surface area contributed by atoms with Gasteiger partial charge in [0.2, 0.25) is 5.82 Å². The van der Waals surface area contributed by atoms with Crippen LogP contribution in [0.1, 0.15) is 21.0 Å². The number of halogens is 2. The first-order valence-electron chi connectivity index (χ1n) is 4.94. The van der Waals surface area contributed by atoms with E-state index in [1.165, 1.54) is 0 Å². The van der Waals surface area contributed by atoms with Gasteiger partial charge in [-0.2, -0.15) is 5.10 Å². The van der Waals surface area contributed by atoms with E-state index in [9.17, 15) is 18.4 Å². The van der Waals surface area contributed by atoms with Gasteiger partial charge in [0, 0.05) is 6.07 Å². The number of hydrogen-bond donors (Lipinski definition) is 3. The van der Waals surface area contributed by atoms with Gasteiger partial charge in [-0.15, -0.1) is 0 Å². The van der Waals surface area contributed by atoms with Gasteiger partial charge in [-0.3, -0.25) is 14.7 Å². The molecular weight excluding hydrogens is 260 g/mol. The van der Waals surface area contributed by atoms with E-state index in [-0.39, 0.29) is 5.82 Å². The van der Waals surface area contributed by atoms with Crippen LogP contribution in [-0.4, -0.2) is 27.0 Å². The molecule has 1 heterocycles. The maximum atomic E-state index is 13.4. The zero-order chi connectivity index (χ0) is 14.0. The summed E-state index contributed by atoms with van der Waals surface area (Å²) in [4.78, 5) is 26.0. The normalized spacial score (nSPS) is 10.2. The number of nitrogens with one attached hydrogen (secondary N) is 2. The van der Waals surface area contributed by atoms with E-state index in [4.69, 9.17) is 5.73 Å². The predicted molar refractivity (Wildman–Crippen MR) is 59.2 cm³/mol. The maximum Gasteiger partial charge on any atom is 0.293 e. The standard InChI is InChI=1S/C10H7F2N5O2/c11-5-2-6(12)7(1-4(5)8(13)18)16-10(19)9-14-3-15-17-9/h1-3H,(H2,13,18)(H,16,19)(H,14,15,17). The van der Waals surface area contributed by atoms with Crippen LogP contribution < -0.4 is 11.1 Å². The molecule has 1 aromatic carbocycles. The smallest absolute Gasteiger partial charge is 0.293 e. The highest BCUT2D eigenvalue weighted by molar-refractivity contribution is 6.02. The summed E-state index contributed by atoms with van der Waals surface area (Å²) in [6.45, 7) is 0. The number of carbonyl (C=O) groups excluding carboxylic acids is 2. The lowest BCUT2D eigenvalue weighted by atomic mass is 10.1. The van der Waals surface area contributed by atoms with Gasteiger partial charge < -0.3 is 11.1 Å². The Hall–Kier alpha value is -2.84. The molecule has 4 N–H and O–H groups in total. The molecule has 0 fully saturated rings. The van der Waals surface area contributed by atoms with Gasteiger partial charge in [-0.05, 0) is 6.07 Å². The summed E-state index contributed by atoms with van der Waals surface area (Å²) in [5.41, 5.74) is 3.99. The van der Waals surface area contributed by atoms with Crippen molar-refractivity contribution in [2.24, 2.45) is 5.73 Å². The molecule has 0 saturated carbocycles. The molecule has 2 amide bonds. The fraction of sp³-hybridized carbons (Fsp3) is 0. The molecule has 0 aliphatic carbocycles. The Labute approximate surface area is 104 Å². The Morgan fingerprint density at radius 1 is 1.26 bits per heavy atom. The zero-order valence-electron chi connectivity index (χ0n) is 9.28. The third kappa shape index (κ3) is 2.54. The van der Waals surface area contributed by atoms with Crippen LogP contribution in [0.25, 0.3) is 0 Å². The van der Waals surface area contributed by atoms with Crippen molar-refractivity contribution >= 4 is 17.5 Å². The van der Waals surface area contributed by atoms with Gasteiger partial charge >= 0.3 is 0 Å². The monoisotopic (exact) mass is 267 g/mol. The topological polar surface area (TPSA) is 114 Å². The van der Waals surface area contributed by atoms with Crippen LogP contribution in [0.2, 0.25) is 0 Å². The number of hydrogen-bond acceptors (Lipinski definition) is 4. The van der Waals surface area contributed by atoms with Gasteiger partial charge in [0.25, 0.3) is 11.8 Å². The summed E-state index contributed by atoms with van der Waals surface area (Å²) >= 11 is 0. The van der Waals surface area contributed by atoms with Crippen molar-refractivity contribution in [1.82, 2.24) is 15.2 Å². The van der Waals surface area contributed by atoms with E-state index in [0.717, 1.165) is 12.4 Å². The van der Waals surface area contributed by atoms with Crippen LogP contribution in [-0.2, 0) is 0 Å². The summed E-state index contributed by atoms with van der Waals surface area (Å²) < 4.78 is 26.7. The van der Waals surface area contributed by atoms with Gasteiger partial charge in [0.05, 0.1) is 11.3 Å². The fourth-order valence-corrected chi connectivity index (χ4v) is 1.33. The number of nitrogens with zero attached hydrogens (tertiary/aromatic N) is 2. The zero-order valence-corrected chi connectivity index (χ0v) is 9.28. The molecule has 2 rings (SSSR count). The Morgan fingerprint density at radius 2 is 2.00 bits per heavy atom. The lowest BCUT2D eigenvalue weighted by Crippen LogP contribution is -2.18. The van der Waals surface area contributed by atoms with Crippen molar-refractivity contribution in [2.75, 3.05) is 5.32 Å². The van der Waals surface area contributed by atoms with Crippen LogP contribution in [0.5, 0.6) is 0 Å². The highest BCUT2D eigenvalue weighted by Crippen LogP contribution is 2.19.